The van der Waals surface area contributed by atoms with Crippen molar-refractivity contribution in [2.24, 2.45) is 11.5 Å². The first-order chi connectivity index (χ1) is 10.4. The molecular formula is C12H14BrN5O3S. The van der Waals surface area contributed by atoms with Gasteiger partial charge in [-0.1, -0.05) is 15.9 Å². The number of carbonyl (C=O) groups excluding carboxylic acids is 2. The van der Waals surface area contributed by atoms with Crippen LogP contribution in [0, 0.1) is 0 Å². The lowest BCUT2D eigenvalue weighted by Gasteiger charge is -2.06. The van der Waals surface area contributed by atoms with Crippen LogP contribution in [0.15, 0.2) is 27.6 Å². The minimum atomic E-state index is -1.68. The quantitative estimate of drug-likeness (QED) is 0.455. The summed E-state index contributed by atoms with van der Waals surface area (Å²) in [5.74, 6) is -0.701. The second-order valence-corrected chi connectivity index (χ2v) is 6.49. The number of primary amides is 2. The van der Waals surface area contributed by atoms with E-state index in [9.17, 15) is 13.8 Å². The number of amides is 3. The molecule has 0 radical (unpaired) electrons. The third-order valence-corrected chi connectivity index (χ3v) is 4.56. The largest absolute Gasteiger partial charge is 0.364 e. The number of nitrogens with two attached hydrogens (primary N) is 2. The minimum Gasteiger partial charge on any atom is -0.364 e. The van der Waals surface area contributed by atoms with Crippen LogP contribution >= 0.6 is 15.9 Å². The first-order valence-electron chi connectivity index (χ1n) is 6.19. The molecule has 22 heavy (non-hydrogen) atoms. The Morgan fingerprint density at radius 3 is 2.64 bits per heavy atom. The number of hydrogen-bond acceptors (Lipinski definition) is 3. The molecule has 3 amide bonds. The Morgan fingerprint density at radius 2 is 2.00 bits per heavy atom. The highest BCUT2D eigenvalue weighted by Gasteiger charge is 2.20. The van der Waals surface area contributed by atoms with Gasteiger partial charge in [0, 0.05) is 28.5 Å². The molecule has 10 heteroatoms. The number of rotatable bonds is 6. The van der Waals surface area contributed by atoms with Crippen molar-refractivity contribution in [1.29, 1.82) is 0 Å². The molecule has 0 saturated carbocycles. The van der Waals surface area contributed by atoms with Crippen LogP contribution in [-0.4, -0.2) is 34.2 Å². The second kappa shape index (κ2) is 6.90. The fourth-order valence-electron chi connectivity index (χ4n) is 1.91. The molecule has 0 bridgehead atoms. The number of H-pyrrole nitrogens is 1. The second-order valence-electron chi connectivity index (χ2n) is 4.34. The van der Waals surface area contributed by atoms with Gasteiger partial charge in [0.05, 0.1) is 4.90 Å². The smallest absolute Gasteiger partial charge is 0.312 e. The maximum Gasteiger partial charge on any atom is 0.312 e. The van der Waals surface area contributed by atoms with Gasteiger partial charge in [0.2, 0.25) is 0 Å². The van der Waals surface area contributed by atoms with Gasteiger partial charge in [0.25, 0.3) is 5.91 Å². The molecule has 2 aromatic rings. The van der Waals surface area contributed by atoms with Crippen molar-refractivity contribution in [3.63, 3.8) is 0 Å². The zero-order valence-corrected chi connectivity index (χ0v) is 13.7. The van der Waals surface area contributed by atoms with Crippen molar-refractivity contribution in [3.8, 4) is 0 Å². The predicted octanol–water partition coefficient (Wildman–Crippen LogP) is 0.310. The summed E-state index contributed by atoms with van der Waals surface area (Å²) < 4.78 is 15.9. The standard InChI is InChI=1S/C12H14BrN5O3S/c13-6-1-2-8-7(5-6)10(9(18-8)11(14)19)22(21)17-4-3-16-12(15)20/h1-2,5,17-18H,3-4H2,(H2,14,19)(H3,15,16,20). The fourth-order valence-corrected chi connectivity index (χ4v) is 3.41. The van der Waals surface area contributed by atoms with E-state index in [0.717, 1.165) is 4.47 Å². The molecule has 0 fully saturated rings. The van der Waals surface area contributed by atoms with Crippen molar-refractivity contribution in [2.75, 3.05) is 13.1 Å². The lowest BCUT2D eigenvalue weighted by atomic mass is 10.2. The Kier molecular flexibility index (Phi) is 5.16. The average Bonchev–Trinajstić information content (AvgIpc) is 2.82. The molecule has 7 N–H and O–H groups in total. The van der Waals surface area contributed by atoms with Crippen LogP contribution in [0.1, 0.15) is 10.5 Å². The number of hydrogen-bond donors (Lipinski definition) is 5. The lowest BCUT2D eigenvalue weighted by molar-refractivity contribution is 0.0993. The van der Waals surface area contributed by atoms with Gasteiger partial charge in [0.15, 0.2) is 0 Å². The van der Waals surface area contributed by atoms with Crippen LogP contribution in [0.3, 0.4) is 0 Å². The van der Waals surface area contributed by atoms with Gasteiger partial charge < -0.3 is 21.8 Å². The predicted molar refractivity (Wildman–Crippen MR) is 86.5 cm³/mol. The van der Waals surface area contributed by atoms with Gasteiger partial charge in [0.1, 0.15) is 16.7 Å². The van der Waals surface area contributed by atoms with Gasteiger partial charge in [-0.05, 0) is 18.2 Å². The first-order valence-corrected chi connectivity index (χ1v) is 8.14. The number of carbonyl (C=O) groups is 2. The van der Waals surface area contributed by atoms with E-state index in [4.69, 9.17) is 11.5 Å². The maximum atomic E-state index is 12.4. The zero-order valence-electron chi connectivity index (χ0n) is 11.3. The molecule has 0 aliphatic heterocycles. The highest BCUT2D eigenvalue weighted by atomic mass is 79.9. The number of aromatic nitrogens is 1. The Balaban J connectivity index is 2.29. The number of aromatic amines is 1. The molecule has 1 unspecified atom stereocenters. The van der Waals surface area contributed by atoms with Crippen LogP contribution < -0.4 is 21.5 Å². The van der Waals surface area contributed by atoms with E-state index < -0.39 is 22.9 Å². The molecule has 118 valence electrons. The van der Waals surface area contributed by atoms with Gasteiger partial charge in [-0.2, -0.15) is 0 Å². The first kappa shape index (κ1) is 16.5. The van der Waals surface area contributed by atoms with Crippen LogP contribution in [-0.2, 0) is 11.0 Å². The Hall–Kier alpha value is -1.91. The lowest BCUT2D eigenvalue weighted by Crippen LogP contribution is -2.36. The van der Waals surface area contributed by atoms with Crippen molar-refractivity contribution < 1.29 is 13.8 Å². The van der Waals surface area contributed by atoms with Crippen molar-refractivity contribution in [2.45, 2.75) is 4.90 Å². The summed E-state index contributed by atoms with van der Waals surface area (Å²) in [7, 11) is -1.68. The van der Waals surface area contributed by atoms with Crippen molar-refractivity contribution >= 4 is 49.8 Å². The highest BCUT2D eigenvalue weighted by Crippen LogP contribution is 2.27. The summed E-state index contributed by atoms with van der Waals surface area (Å²) in [6.45, 7) is 0.424. The molecule has 0 spiro atoms. The van der Waals surface area contributed by atoms with Crippen LogP contribution in [0.25, 0.3) is 10.9 Å². The van der Waals surface area contributed by atoms with E-state index in [1.807, 2.05) is 0 Å². The van der Waals surface area contributed by atoms with E-state index >= 15 is 0 Å². The van der Waals surface area contributed by atoms with E-state index in [2.05, 4.69) is 31.0 Å². The zero-order chi connectivity index (χ0) is 16.3. The van der Waals surface area contributed by atoms with E-state index in [-0.39, 0.29) is 23.7 Å². The summed E-state index contributed by atoms with van der Waals surface area (Å²) in [5.41, 5.74) is 11.0. The number of fused-ring (bicyclic) bond motifs is 1. The SMILES string of the molecule is NC(=O)NCCNS(=O)c1c(C(N)=O)[nH]c2ccc(Br)cc12. The normalized spacial score (nSPS) is 12.2. The molecule has 0 aliphatic rings. The fraction of sp³-hybridized carbons (Fsp3) is 0.167. The molecule has 1 aromatic carbocycles. The molecular weight excluding hydrogens is 374 g/mol. The van der Waals surface area contributed by atoms with Gasteiger partial charge in [-0.15, -0.1) is 0 Å². The van der Waals surface area contributed by atoms with Crippen LogP contribution in [0.5, 0.6) is 0 Å². The Labute approximate surface area is 136 Å². The summed E-state index contributed by atoms with van der Waals surface area (Å²) in [4.78, 5) is 25.3. The molecule has 8 nitrogen and oxygen atoms in total. The summed E-state index contributed by atoms with van der Waals surface area (Å²) in [5, 5.41) is 2.99. The molecule has 1 atom stereocenters. The molecule has 2 rings (SSSR count). The summed E-state index contributed by atoms with van der Waals surface area (Å²) in [6.07, 6.45) is 0. The highest BCUT2D eigenvalue weighted by molar-refractivity contribution is 9.10. The van der Waals surface area contributed by atoms with Gasteiger partial charge in [-0.25, -0.2) is 13.7 Å². The summed E-state index contributed by atoms with van der Waals surface area (Å²) >= 11 is 3.33. The van der Waals surface area contributed by atoms with Gasteiger partial charge >= 0.3 is 6.03 Å². The van der Waals surface area contributed by atoms with Crippen LogP contribution in [0.4, 0.5) is 4.79 Å². The average molecular weight is 388 g/mol. The monoisotopic (exact) mass is 387 g/mol. The molecule has 0 saturated heterocycles. The minimum absolute atomic E-state index is 0.0850. The number of urea groups is 1. The van der Waals surface area contributed by atoms with E-state index in [1.165, 1.54) is 0 Å². The van der Waals surface area contributed by atoms with Gasteiger partial charge in [-0.3, -0.25) is 4.79 Å². The van der Waals surface area contributed by atoms with E-state index in [1.54, 1.807) is 18.2 Å². The number of nitrogens with one attached hydrogen (secondary N) is 3. The number of halogens is 1. The Morgan fingerprint density at radius 1 is 1.27 bits per heavy atom. The maximum absolute atomic E-state index is 12.4. The third-order valence-electron chi connectivity index (χ3n) is 2.80. The third kappa shape index (κ3) is 3.64. The summed E-state index contributed by atoms with van der Waals surface area (Å²) in [6, 6.07) is 4.62. The molecule has 1 aromatic heterocycles. The topological polar surface area (TPSA) is 143 Å². The van der Waals surface area contributed by atoms with Crippen molar-refractivity contribution in [1.82, 2.24) is 15.0 Å². The van der Waals surface area contributed by atoms with E-state index in [0.29, 0.717) is 10.9 Å². The Bertz CT molecular complexity index is 761. The molecule has 0 aliphatic carbocycles. The van der Waals surface area contributed by atoms with Crippen LogP contribution in [0.2, 0.25) is 0 Å². The molecule has 1 heterocycles. The number of benzene rings is 1. The van der Waals surface area contributed by atoms with Crippen molar-refractivity contribution in [3.05, 3.63) is 28.4 Å².